The van der Waals surface area contributed by atoms with E-state index in [4.69, 9.17) is 4.74 Å². The van der Waals surface area contributed by atoms with Crippen LogP contribution in [0.4, 0.5) is 8.78 Å². The molecule has 1 N–H and O–H groups in total. The Morgan fingerprint density at radius 1 is 1.39 bits per heavy atom. The minimum absolute atomic E-state index is 0.0145. The maximum atomic E-state index is 13.4. The van der Waals surface area contributed by atoms with Gasteiger partial charge in [0.25, 0.3) is 0 Å². The van der Waals surface area contributed by atoms with Gasteiger partial charge in [0.05, 0.1) is 12.2 Å². The number of ether oxygens (including phenoxy) is 1. The summed E-state index contributed by atoms with van der Waals surface area (Å²) in [4.78, 5) is 0. The summed E-state index contributed by atoms with van der Waals surface area (Å²) in [6, 6.07) is 0. The first-order valence-corrected chi connectivity index (χ1v) is 7.13. The fraction of sp³-hybridized carbons (Fsp3) is 1.00. The molecule has 0 spiro atoms. The van der Waals surface area contributed by atoms with E-state index in [1.54, 1.807) is 0 Å². The lowest BCUT2D eigenvalue weighted by Gasteiger charge is -2.38. The van der Waals surface area contributed by atoms with Gasteiger partial charge >= 0.3 is 0 Å². The molecule has 2 aliphatic rings. The number of hydrogen-bond donors (Lipinski definition) is 1. The lowest BCUT2D eigenvalue weighted by Crippen LogP contribution is -2.41. The van der Waals surface area contributed by atoms with E-state index in [0.717, 1.165) is 12.8 Å². The van der Waals surface area contributed by atoms with Gasteiger partial charge < -0.3 is 9.84 Å². The van der Waals surface area contributed by atoms with E-state index >= 15 is 0 Å². The Balaban J connectivity index is 1.96. The molecule has 3 atom stereocenters. The van der Waals surface area contributed by atoms with Crippen molar-refractivity contribution in [2.45, 2.75) is 63.4 Å². The second kappa shape index (κ2) is 5.41. The number of rotatable bonds is 4. The Bertz CT molecular complexity index is 277. The van der Waals surface area contributed by atoms with Crippen LogP contribution in [0.3, 0.4) is 0 Å². The van der Waals surface area contributed by atoms with Crippen LogP contribution in [0, 0.1) is 11.8 Å². The second-order valence-corrected chi connectivity index (χ2v) is 6.04. The molecule has 106 valence electrons. The summed E-state index contributed by atoms with van der Waals surface area (Å²) in [6.45, 7) is 3.21. The molecule has 0 amide bonds. The molecular weight excluding hydrogens is 238 g/mol. The Kier molecular flexibility index (Phi) is 4.27. The van der Waals surface area contributed by atoms with E-state index in [0.29, 0.717) is 32.5 Å². The summed E-state index contributed by atoms with van der Waals surface area (Å²) < 4.78 is 32.1. The van der Waals surface area contributed by atoms with Crippen molar-refractivity contribution in [3.8, 4) is 0 Å². The normalized spacial score (nSPS) is 35.3. The first kappa shape index (κ1) is 14.2. The van der Waals surface area contributed by atoms with Crippen molar-refractivity contribution in [1.29, 1.82) is 0 Å². The third kappa shape index (κ3) is 3.21. The largest absolute Gasteiger partial charge is 0.390 e. The van der Waals surface area contributed by atoms with Crippen LogP contribution >= 0.6 is 0 Å². The zero-order valence-corrected chi connectivity index (χ0v) is 11.1. The van der Waals surface area contributed by atoms with Crippen LogP contribution in [0.15, 0.2) is 0 Å². The molecule has 0 aromatic heterocycles. The maximum Gasteiger partial charge on any atom is 0.248 e. The van der Waals surface area contributed by atoms with Gasteiger partial charge in [-0.1, -0.05) is 6.92 Å². The van der Waals surface area contributed by atoms with Gasteiger partial charge in [-0.05, 0) is 38.0 Å². The van der Waals surface area contributed by atoms with Gasteiger partial charge in [0, 0.05) is 25.4 Å². The lowest BCUT2D eigenvalue weighted by atomic mass is 9.73. The van der Waals surface area contributed by atoms with E-state index in [1.165, 1.54) is 0 Å². The van der Waals surface area contributed by atoms with Gasteiger partial charge in [-0.25, -0.2) is 8.78 Å². The molecule has 2 rings (SSSR count). The molecule has 3 unspecified atom stereocenters. The van der Waals surface area contributed by atoms with E-state index < -0.39 is 11.5 Å². The second-order valence-electron chi connectivity index (χ2n) is 6.04. The predicted molar refractivity (Wildman–Crippen MR) is 65.7 cm³/mol. The first-order valence-electron chi connectivity index (χ1n) is 7.13. The molecule has 2 fully saturated rings. The van der Waals surface area contributed by atoms with E-state index in [-0.39, 0.29) is 24.7 Å². The Hall–Kier alpha value is -0.220. The molecule has 1 heterocycles. The summed E-state index contributed by atoms with van der Waals surface area (Å²) >= 11 is 0. The monoisotopic (exact) mass is 262 g/mol. The molecule has 0 radical (unpaired) electrons. The molecule has 2 nitrogen and oxygen atoms in total. The van der Waals surface area contributed by atoms with Gasteiger partial charge in [-0.3, -0.25) is 0 Å². The van der Waals surface area contributed by atoms with Crippen molar-refractivity contribution in [3.05, 3.63) is 0 Å². The van der Waals surface area contributed by atoms with Crippen LogP contribution in [0.25, 0.3) is 0 Å². The highest BCUT2D eigenvalue weighted by Gasteiger charge is 2.43. The van der Waals surface area contributed by atoms with Gasteiger partial charge in [0.15, 0.2) is 0 Å². The smallest absolute Gasteiger partial charge is 0.248 e. The molecular formula is C14H24F2O2. The van der Waals surface area contributed by atoms with Crippen molar-refractivity contribution < 1.29 is 18.6 Å². The Morgan fingerprint density at radius 3 is 2.72 bits per heavy atom. The predicted octanol–water partition coefficient (Wildman–Crippen LogP) is 3.38. The Morgan fingerprint density at radius 2 is 2.17 bits per heavy atom. The Labute approximate surface area is 108 Å². The van der Waals surface area contributed by atoms with Crippen LogP contribution in [0.5, 0.6) is 0 Å². The molecule has 0 bridgehead atoms. The third-order valence-corrected chi connectivity index (χ3v) is 4.69. The molecule has 1 aliphatic carbocycles. The lowest BCUT2D eigenvalue weighted by molar-refractivity contribution is -0.0871. The quantitative estimate of drug-likeness (QED) is 0.841. The zero-order valence-electron chi connectivity index (χ0n) is 11.1. The highest BCUT2D eigenvalue weighted by molar-refractivity contribution is 4.91. The van der Waals surface area contributed by atoms with Gasteiger partial charge in [-0.2, -0.15) is 0 Å². The van der Waals surface area contributed by atoms with Crippen molar-refractivity contribution in [1.82, 2.24) is 0 Å². The fourth-order valence-electron chi connectivity index (χ4n) is 3.51. The van der Waals surface area contributed by atoms with Crippen LogP contribution < -0.4 is 0 Å². The van der Waals surface area contributed by atoms with Crippen LogP contribution in [-0.2, 0) is 4.74 Å². The zero-order chi connectivity index (χ0) is 13.2. The maximum absolute atomic E-state index is 13.4. The minimum Gasteiger partial charge on any atom is -0.390 e. The van der Waals surface area contributed by atoms with Gasteiger partial charge in [-0.15, -0.1) is 0 Å². The van der Waals surface area contributed by atoms with Gasteiger partial charge in [0.2, 0.25) is 5.92 Å². The number of alkyl halides is 2. The number of aliphatic hydroxyl groups is 1. The SMILES string of the molecule is CCC(O)(CC1CCCC(F)(F)C1)C1CCOC1. The summed E-state index contributed by atoms with van der Waals surface area (Å²) in [6.07, 6.45) is 3.36. The molecule has 0 aromatic carbocycles. The number of hydrogen-bond acceptors (Lipinski definition) is 2. The van der Waals surface area contributed by atoms with Crippen molar-refractivity contribution in [2.24, 2.45) is 11.8 Å². The fourth-order valence-corrected chi connectivity index (χ4v) is 3.51. The number of halogens is 2. The summed E-state index contributed by atoms with van der Waals surface area (Å²) in [7, 11) is 0. The average molecular weight is 262 g/mol. The van der Waals surface area contributed by atoms with Gasteiger partial charge in [0.1, 0.15) is 0 Å². The molecule has 18 heavy (non-hydrogen) atoms. The molecule has 1 saturated carbocycles. The molecule has 1 saturated heterocycles. The van der Waals surface area contributed by atoms with E-state index in [1.807, 2.05) is 6.92 Å². The molecule has 0 aromatic rings. The topological polar surface area (TPSA) is 29.5 Å². The van der Waals surface area contributed by atoms with E-state index in [9.17, 15) is 13.9 Å². The van der Waals surface area contributed by atoms with Crippen molar-refractivity contribution in [2.75, 3.05) is 13.2 Å². The molecule has 4 heteroatoms. The molecule has 1 aliphatic heterocycles. The first-order chi connectivity index (χ1) is 8.45. The minimum atomic E-state index is -2.52. The standard InChI is InChI=1S/C14H24F2O2/c1-2-13(17,12-5-7-18-10-12)8-11-4-3-6-14(15,16)9-11/h11-12,17H,2-10H2,1H3. The average Bonchev–Trinajstić information content (AvgIpc) is 2.81. The highest BCUT2D eigenvalue weighted by Crippen LogP contribution is 2.43. The third-order valence-electron chi connectivity index (χ3n) is 4.69. The van der Waals surface area contributed by atoms with Crippen molar-refractivity contribution in [3.63, 3.8) is 0 Å². The summed E-state index contributed by atoms with van der Waals surface area (Å²) in [5.41, 5.74) is -0.811. The summed E-state index contributed by atoms with van der Waals surface area (Å²) in [5, 5.41) is 10.7. The summed E-state index contributed by atoms with van der Waals surface area (Å²) in [5.74, 6) is -2.44. The van der Waals surface area contributed by atoms with Crippen LogP contribution in [-0.4, -0.2) is 29.8 Å². The van der Waals surface area contributed by atoms with Crippen molar-refractivity contribution >= 4 is 0 Å². The highest BCUT2D eigenvalue weighted by atomic mass is 19.3. The van der Waals surface area contributed by atoms with Crippen LogP contribution in [0.2, 0.25) is 0 Å². The van der Waals surface area contributed by atoms with E-state index in [2.05, 4.69) is 0 Å². The van der Waals surface area contributed by atoms with Crippen LogP contribution in [0.1, 0.15) is 51.9 Å².